The van der Waals surface area contributed by atoms with Gasteiger partial charge in [-0.3, -0.25) is 9.78 Å². The Labute approximate surface area is 94.1 Å². The molecule has 82 valence electrons. The Balaban J connectivity index is 2.45. The average molecular weight is 215 g/mol. The molecule has 0 amide bonds. The van der Waals surface area contributed by atoms with E-state index in [9.17, 15) is 4.79 Å². The molecule has 0 unspecified atom stereocenters. The highest BCUT2D eigenvalue weighted by Crippen LogP contribution is 2.18. The predicted octanol–water partition coefficient (Wildman–Crippen LogP) is 2.26. The summed E-state index contributed by atoms with van der Waals surface area (Å²) in [6.07, 6.45) is 2.08. The summed E-state index contributed by atoms with van der Waals surface area (Å²) in [5, 5.41) is 1.06. The summed E-state index contributed by atoms with van der Waals surface area (Å²) in [5.41, 5.74) is 3.03. The molecule has 16 heavy (non-hydrogen) atoms. The van der Waals surface area contributed by atoms with E-state index in [1.54, 1.807) is 6.20 Å². The van der Waals surface area contributed by atoms with E-state index in [0.717, 1.165) is 22.0 Å². The fraction of sp³-hybridized carbons (Fsp3) is 0.231. The quantitative estimate of drug-likeness (QED) is 0.721. The Bertz CT molecular complexity index is 534. The second kappa shape index (κ2) is 4.31. The van der Waals surface area contributed by atoms with E-state index in [1.807, 2.05) is 31.2 Å². The number of carbonyl (C=O) groups is 1. The maximum Gasteiger partial charge on any atom is 0.309 e. The van der Waals surface area contributed by atoms with Crippen LogP contribution in [0.1, 0.15) is 11.1 Å². The van der Waals surface area contributed by atoms with Gasteiger partial charge in [-0.05, 0) is 30.2 Å². The van der Waals surface area contributed by atoms with Gasteiger partial charge >= 0.3 is 5.97 Å². The first-order valence-corrected chi connectivity index (χ1v) is 5.12. The molecule has 0 fully saturated rings. The third-order valence-electron chi connectivity index (χ3n) is 2.53. The summed E-state index contributed by atoms with van der Waals surface area (Å²) >= 11 is 0. The lowest BCUT2D eigenvalue weighted by molar-refractivity contribution is -0.139. The molecule has 3 nitrogen and oxygen atoms in total. The van der Waals surface area contributed by atoms with Gasteiger partial charge < -0.3 is 4.74 Å². The number of pyridine rings is 1. The lowest BCUT2D eigenvalue weighted by Crippen LogP contribution is -2.04. The van der Waals surface area contributed by atoms with Gasteiger partial charge in [0.2, 0.25) is 0 Å². The summed E-state index contributed by atoms with van der Waals surface area (Å²) in [4.78, 5) is 15.5. The SMILES string of the molecule is COC(=O)Cc1cc(C)c2ncccc2c1. The van der Waals surface area contributed by atoms with Crippen molar-refractivity contribution < 1.29 is 9.53 Å². The summed E-state index contributed by atoms with van der Waals surface area (Å²) in [7, 11) is 1.40. The van der Waals surface area contributed by atoms with Crippen molar-refractivity contribution >= 4 is 16.9 Å². The third-order valence-corrected chi connectivity index (χ3v) is 2.53. The van der Waals surface area contributed by atoms with Gasteiger partial charge in [0, 0.05) is 11.6 Å². The number of aromatic nitrogens is 1. The topological polar surface area (TPSA) is 39.2 Å². The van der Waals surface area contributed by atoms with Crippen molar-refractivity contribution in [3.05, 3.63) is 41.6 Å². The normalized spacial score (nSPS) is 10.4. The van der Waals surface area contributed by atoms with Crippen molar-refractivity contribution in [2.75, 3.05) is 7.11 Å². The largest absolute Gasteiger partial charge is 0.469 e. The average Bonchev–Trinajstić information content (AvgIpc) is 2.29. The Kier molecular flexibility index (Phi) is 2.86. The highest BCUT2D eigenvalue weighted by atomic mass is 16.5. The van der Waals surface area contributed by atoms with Crippen LogP contribution in [0.2, 0.25) is 0 Å². The maximum atomic E-state index is 11.2. The Morgan fingerprint density at radius 3 is 3.00 bits per heavy atom. The number of nitrogens with zero attached hydrogens (tertiary/aromatic N) is 1. The van der Waals surface area contributed by atoms with E-state index in [1.165, 1.54) is 7.11 Å². The van der Waals surface area contributed by atoms with Crippen molar-refractivity contribution in [1.82, 2.24) is 4.98 Å². The molecule has 0 N–H and O–H groups in total. The van der Waals surface area contributed by atoms with Crippen LogP contribution in [0.25, 0.3) is 10.9 Å². The molecule has 0 aliphatic rings. The van der Waals surface area contributed by atoms with Gasteiger partial charge in [-0.15, -0.1) is 0 Å². The molecule has 1 heterocycles. The van der Waals surface area contributed by atoms with Gasteiger partial charge in [0.1, 0.15) is 0 Å². The second-order valence-electron chi connectivity index (χ2n) is 3.74. The molecule has 0 aliphatic heterocycles. The van der Waals surface area contributed by atoms with Crippen molar-refractivity contribution in [2.45, 2.75) is 13.3 Å². The Hall–Kier alpha value is -1.90. The van der Waals surface area contributed by atoms with Crippen LogP contribution < -0.4 is 0 Å². The Morgan fingerprint density at radius 1 is 1.44 bits per heavy atom. The summed E-state index contributed by atoms with van der Waals surface area (Å²) in [6, 6.07) is 7.85. The van der Waals surface area contributed by atoms with E-state index < -0.39 is 0 Å². The lowest BCUT2D eigenvalue weighted by Gasteiger charge is -2.05. The van der Waals surface area contributed by atoms with Crippen LogP contribution in [0.4, 0.5) is 0 Å². The number of aryl methyl sites for hydroxylation is 1. The van der Waals surface area contributed by atoms with Crippen molar-refractivity contribution in [1.29, 1.82) is 0 Å². The molecular weight excluding hydrogens is 202 g/mol. The van der Waals surface area contributed by atoms with Gasteiger partial charge in [-0.25, -0.2) is 0 Å². The smallest absolute Gasteiger partial charge is 0.309 e. The van der Waals surface area contributed by atoms with Gasteiger partial charge in [0.25, 0.3) is 0 Å². The zero-order valence-corrected chi connectivity index (χ0v) is 9.36. The molecule has 0 saturated carbocycles. The van der Waals surface area contributed by atoms with Crippen molar-refractivity contribution in [3.8, 4) is 0 Å². The van der Waals surface area contributed by atoms with Crippen molar-refractivity contribution in [3.63, 3.8) is 0 Å². The Morgan fingerprint density at radius 2 is 2.25 bits per heavy atom. The lowest BCUT2D eigenvalue weighted by atomic mass is 10.0. The first-order valence-electron chi connectivity index (χ1n) is 5.12. The number of methoxy groups -OCH3 is 1. The number of ether oxygens (including phenoxy) is 1. The standard InChI is InChI=1S/C13H13NO2/c1-9-6-10(8-12(15)16-2)7-11-4-3-5-14-13(9)11/h3-7H,8H2,1-2H3. The molecule has 0 saturated heterocycles. The van der Waals surface area contributed by atoms with Crippen LogP contribution in [0.5, 0.6) is 0 Å². The molecule has 0 aliphatic carbocycles. The number of hydrogen-bond donors (Lipinski definition) is 0. The zero-order valence-electron chi connectivity index (χ0n) is 9.36. The molecule has 0 radical (unpaired) electrons. The first kappa shape index (κ1) is 10.6. The highest BCUT2D eigenvalue weighted by Gasteiger charge is 2.06. The van der Waals surface area contributed by atoms with Crippen LogP contribution in [0, 0.1) is 6.92 Å². The predicted molar refractivity (Wildman–Crippen MR) is 62.2 cm³/mol. The first-order chi connectivity index (χ1) is 7.70. The molecule has 1 aromatic heterocycles. The van der Waals surface area contributed by atoms with E-state index in [2.05, 4.69) is 9.72 Å². The molecule has 0 spiro atoms. The fourth-order valence-corrected chi connectivity index (χ4v) is 1.79. The summed E-state index contributed by atoms with van der Waals surface area (Å²) in [5.74, 6) is -0.220. The van der Waals surface area contributed by atoms with Crippen LogP contribution in [0.15, 0.2) is 30.5 Å². The minimum Gasteiger partial charge on any atom is -0.469 e. The third kappa shape index (κ3) is 2.03. The number of hydrogen-bond acceptors (Lipinski definition) is 3. The van der Waals surface area contributed by atoms with Crippen LogP contribution >= 0.6 is 0 Å². The van der Waals surface area contributed by atoms with Crippen LogP contribution in [-0.2, 0) is 16.0 Å². The zero-order chi connectivity index (χ0) is 11.5. The minimum atomic E-state index is -0.220. The molecule has 1 aromatic carbocycles. The number of rotatable bonds is 2. The fourth-order valence-electron chi connectivity index (χ4n) is 1.79. The molecule has 2 rings (SSSR count). The van der Waals surface area contributed by atoms with Crippen LogP contribution in [-0.4, -0.2) is 18.1 Å². The molecular formula is C13H13NO2. The number of esters is 1. The summed E-state index contributed by atoms with van der Waals surface area (Å²) < 4.78 is 4.65. The van der Waals surface area contributed by atoms with Gasteiger partial charge in [-0.2, -0.15) is 0 Å². The number of fused-ring (bicyclic) bond motifs is 1. The number of benzene rings is 1. The van der Waals surface area contributed by atoms with E-state index >= 15 is 0 Å². The number of carbonyl (C=O) groups excluding carboxylic acids is 1. The van der Waals surface area contributed by atoms with E-state index in [0.29, 0.717) is 6.42 Å². The monoisotopic (exact) mass is 215 g/mol. The molecule has 3 heteroatoms. The molecule has 2 aromatic rings. The summed E-state index contributed by atoms with van der Waals surface area (Å²) in [6.45, 7) is 2.00. The van der Waals surface area contributed by atoms with Gasteiger partial charge in [-0.1, -0.05) is 12.1 Å². The second-order valence-corrected chi connectivity index (χ2v) is 3.74. The van der Waals surface area contributed by atoms with E-state index in [-0.39, 0.29) is 5.97 Å². The highest BCUT2D eigenvalue weighted by molar-refractivity contribution is 5.83. The molecule has 0 bridgehead atoms. The van der Waals surface area contributed by atoms with Gasteiger partial charge in [0.15, 0.2) is 0 Å². The maximum absolute atomic E-state index is 11.2. The van der Waals surface area contributed by atoms with Crippen molar-refractivity contribution in [2.24, 2.45) is 0 Å². The minimum absolute atomic E-state index is 0.220. The van der Waals surface area contributed by atoms with Crippen LogP contribution in [0.3, 0.4) is 0 Å². The molecule has 0 atom stereocenters. The van der Waals surface area contributed by atoms with Gasteiger partial charge in [0.05, 0.1) is 19.0 Å². The van der Waals surface area contributed by atoms with E-state index in [4.69, 9.17) is 0 Å².